The van der Waals surface area contributed by atoms with Gasteiger partial charge in [-0.3, -0.25) is 19.9 Å². The minimum absolute atomic E-state index is 0.390. The molecule has 16 aromatic rings. The molecule has 0 aliphatic carbocycles. The van der Waals surface area contributed by atoms with Crippen LogP contribution in [0.3, 0.4) is 0 Å². The van der Waals surface area contributed by atoms with Crippen LogP contribution in [-0.4, -0.2) is 58.2 Å². The number of rotatable bonds is 14. The SMILES string of the molecule is Brc1cc(-c2ccccn2)cc(-c2ccccn2)c1.CC1(C)OB(c2ccc(-c3nc(-c4ccccc4)nc(-c4ccccc4)c3-c3ccccc3)cc2)OC1(C)C.c1ccc(-c2nc(-c3ccccc3)c(-c3ccccc3)c(-c3ccc(-c4cc(-c5ccccn5)cc(-c5ccccn5)c4)cc3)n2)cc1. The normalized spacial score (nSPS) is 12.6. The molecule has 0 spiro atoms. The number of halogens is 1. The predicted molar refractivity (Wildman–Crippen MR) is 436 cm³/mol. The van der Waals surface area contributed by atoms with Crippen LogP contribution in [0, 0.1) is 0 Å². The first-order chi connectivity index (χ1) is 51.9. The van der Waals surface area contributed by atoms with Gasteiger partial charge in [-0.1, -0.05) is 271 Å². The molecular weight excluding hydrogens is 1360 g/mol. The first kappa shape index (κ1) is 69.2. The average molecular weight is 1440 g/mol. The van der Waals surface area contributed by atoms with Crippen molar-refractivity contribution in [2.75, 3.05) is 0 Å². The van der Waals surface area contributed by atoms with E-state index in [4.69, 9.17) is 29.2 Å². The van der Waals surface area contributed by atoms with Crippen LogP contribution < -0.4 is 5.46 Å². The Morgan fingerprint density at radius 1 is 0.245 bits per heavy atom. The van der Waals surface area contributed by atoms with Gasteiger partial charge in [0.2, 0.25) is 0 Å². The minimum atomic E-state index is -0.414. The number of hydrogen-bond acceptors (Lipinski definition) is 10. The summed E-state index contributed by atoms with van der Waals surface area (Å²) in [4.78, 5) is 38.8. The first-order valence-electron chi connectivity index (χ1n) is 35.3. The second-order valence-corrected chi connectivity index (χ2v) is 27.5. The van der Waals surface area contributed by atoms with Gasteiger partial charge in [-0.2, -0.15) is 0 Å². The van der Waals surface area contributed by atoms with E-state index in [1.165, 1.54) is 0 Å². The molecule has 0 saturated carbocycles. The van der Waals surface area contributed by atoms with E-state index < -0.39 is 18.3 Å². The van der Waals surface area contributed by atoms with E-state index in [-0.39, 0.29) is 0 Å². The van der Waals surface area contributed by atoms with Crippen LogP contribution >= 0.6 is 15.9 Å². The largest absolute Gasteiger partial charge is 0.494 e. The second kappa shape index (κ2) is 31.6. The van der Waals surface area contributed by atoms with E-state index in [1.54, 1.807) is 12.4 Å². The van der Waals surface area contributed by atoms with Crippen molar-refractivity contribution in [3.63, 3.8) is 0 Å². The summed E-state index contributed by atoms with van der Waals surface area (Å²) < 4.78 is 13.6. The molecule has 12 heteroatoms. The van der Waals surface area contributed by atoms with E-state index >= 15 is 0 Å². The van der Waals surface area contributed by atoms with Crippen LogP contribution in [-0.2, 0) is 9.31 Å². The van der Waals surface area contributed by atoms with Gasteiger partial charge in [-0.05, 0) is 140 Å². The zero-order valence-electron chi connectivity index (χ0n) is 59.0. The molecule has 0 radical (unpaired) electrons. The van der Waals surface area contributed by atoms with Crippen LogP contribution in [0.2, 0.25) is 0 Å². The first-order valence-corrected chi connectivity index (χ1v) is 36.1. The molecule has 0 unspecified atom stereocenters. The van der Waals surface area contributed by atoms with Gasteiger partial charge in [0.25, 0.3) is 0 Å². The minimum Gasteiger partial charge on any atom is -0.399 e. The third-order valence-electron chi connectivity index (χ3n) is 19.0. The van der Waals surface area contributed by atoms with E-state index in [1.807, 2.05) is 158 Å². The molecular formula is C94H72BBrN8O2. The molecule has 17 rings (SSSR count). The van der Waals surface area contributed by atoms with Crippen molar-refractivity contribution in [3.8, 4) is 146 Å². The highest BCUT2D eigenvalue weighted by Crippen LogP contribution is 2.44. The number of aromatic nitrogens is 8. The van der Waals surface area contributed by atoms with Gasteiger partial charge in [0, 0.05) is 96.0 Å². The van der Waals surface area contributed by atoms with Crippen molar-refractivity contribution >= 4 is 28.5 Å². The van der Waals surface area contributed by atoms with Crippen LogP contribution in [0.25, 0.3) is 146 Å². The number of nitrogens with zero attached hydrogens (tertiary/aromatic N) is 8. The molecule has 510 valence electrons. The van der Waals surface area contributed by atoms with E-state index in [9.17, 15) is 0 Å². The lowest BCUT2D eigenvalue weighted by Gasteiger charge is -2.32. The summed E-state index contributed by atoms with van der Waals surface area (Å²) in [5, 5.41) is 0. The third-order valence-corrected chi connectivity index (χ3v) is 19.4. The van der Waals surface area contributed by atoms with Crippen LogP contribution in [0.4, 0.5) is 0 Å². The molecule has 106 heavy (non-hydrogen) atoms. The summed E-state index contributed by atoms with van der Waals surface area (Å²) in [6, 6.07) is 116. The summed E-state index contributed by atoms with van der Waals surface area (Å²) in [7, 11) is -0.414. The lowest BCUT2D eigenvalue weighted by Crippen LogP contribution is -2.41. The van der Waals surface area contributed by atoms with Crippen LogP contribution in [0.5, 0.6) is 0 Å². The Morgan fingerprint density at radius 3 is 0.811 bits per heavy atom. The molecule has 0 N–H and O–H groups in total. The smallest absolute Gasteiger partial charge is 0.399 e. The highest BCUT2D eigenvalue weighted by molar-refractivity contribution is 9.10. The fourth-order valence-electron chi connectivity index (χ4n) is 12.8. The van der Waals surface area contributed by atoms with Crippen LogP contribution in [0.15, 0.2) is 369 Å². The molecule has 7 heterocycles. The van der Waals surface area contributed by atoms with Crippen molar-refractivity contribution in [1.82, 2.24) is 39.9 Å². The summed E-state index contributed by atoms with van der Waals surface area (Å²) in [5.41, 5.74) is 24.2. The Kier molecular flexibility index (Phi) is 20.6. The van der Waals surface area contributed by atoms with Crippen molar-refractivity contribution in [1.29, 1.82) is 0 Å². The molecule has 6 aromatic heterocycles. The Labute approximate surface area is 627 Å². The Bertz CT molecular complexity index is 5480. The van der Waals surface area contributed by atoms with Crippen molar-refractivity contribution in [2.45, 2.75) is 38.9 Å². The lowest BCUT2D eigenvalue weighted by molar-refractivity contribution is 0.00578. The second-order valence-electron chi connectivity index (χ2n) is 26.6. The maximum atomic E-state index is 6.29. The quantitative estimate of drug-likeness (QED) is 0.0973. The van der Waals surface area contributed by atoms with Crippen molar-refractivity contribution in [3.05, 3.63) is 369 Å². The van der Waals surface area contributed by atoms with Crippen molar-refractivity contribution in [2.24, 2.45) is 0 Å². The van der Waals surface area contributed by atoms with Gasteiger partial charge in [-0.15, -0.1) is 0 Å². The van der Waals surface area contributed by atoms with E-state index in [2.05, 4.69) is 258 Å². The summed E-state index contributed by atoms with van der Waals surface area (Å²) in [6.07, 6.45) is 7.26. The van der Waals surface area contributed by atoms with Gasteiger partial charge in [0.1, 0.15) is 0 Å². The molecule has 1 fully saturated rings. The Hall–Kier alpha value is -12.6. The predicted octanol–water partition coefficient (Wildman–Crippen LogP) is 23.0. The molecule has 1 aliphatic rings. The maximum absolute atomic E-state index is 6.29. The van der Waals surface area contributed by atoms with Crippen LogP contribution in [0.1, 0.15) is 27.7 Å². The highest BCUT2D eigenvalue weighted by Gasteiger charge is 2.51. The number of pyridine rings is 4. The van der Waals surface area contributed by atoms with Crippen molar-refractivity contribution < 1.29 is 9.31 Å². The molecule has 0 amide bonds. The zero-order chi connectivity index (χ0) is 72.2. The average Bonchev–Trinajstić information content (AvgIpc) is 1.05. The zero-order valence-corrected chi connectivity index (χ0v) is 60.6. The standard InChI is InChI=1S/C44H30N4.C34H31BN2O2.C16H11BrN2/c1-4-14-32(15-5-1)41-42(33-16-6-2-7-17-33)47-44(35-18-8-3-9-19-35)48-43(41)34-24-22-31(23-25-34)36-28-37(39-20-10-12-26-45-39)30-38(29-36)40-21-11-13-27-46-40;1-33(2)34(3,4)39-35(38-33)28-22-20-26(21-23-28)31-29(24-14-8-5-9-15-24)30(25-16-10-6-11-17-25)36-32(37-31)27-18-12-7-13-19-27;17-14-10-12(15-5-1-3-7-18-15)9-13(11-14)16-6-2-4-8-19-16/h1-30H;5-23H,1-4H3;1-11H. The lowest BCUT2D eigenvalue weighted by atomic mass is 9.78. The van der Waals surface area contributed by atoms with Gasteiger partial charge in [0.15, 0.2) is 11.6 Å². The Balaban J connectivity index is 0.000000138. The summed E-state index contributed by atoms with van der Waals surface area (Å²) >= 11 is 3.55. The molecule has 0 atom stereocenters. The van der Waals surface area contributed by atoms with Gasteiger partial charge in [0.05, 0.1) is 56.8 Å². The van der Waals surface area contributed by atoms with E-state index in [0.717, 1.165) is 145 Å². The Morgan fingerprint density at radius 2 is 0.500 bits per heavy atom. The summed E-state index contributed by atoms with van der Waals surface area (Å²) in [6.45, 7) is 8.30. The fraction of sp³-hybridized carbons (Fsp3) is 0.0638. The molecule has 10 nitrogen and oxygen atoms in total. The molecule has 10 aromatic carbocycles. The summed E-state index contributed by atoms with van der Waals surface area (Å²) in [5.74, 6) is 1.38. The molecule has 0 bridgehead atoms. The highest BCUT2D eigenvalue weighted by atomic mass is 79.9. The maximum Gasteiger partial charge on any atom is 0.494 e. The number of hydrogen-bond donors (Lipinski definition) is 0. The monoisotopic (exact) mass is 1430 g/mol. The molecule has 1 saturated heterocycles. The van der Waals surface area contributed by atoms with Gasteiger partial charge >= 0.3 is 7.12 Å². The molecule has 1 aliphatic heterocycles. The number of benzene rings is 10. The van der Waals surface area contributed by atoms with E-state index in [0.29, 0.717) is 11.6 Å². The van der Waals surface area contributed by atoms with Gasteiger partial charge < -0.3 is 9.31 Å². The van der Waals surface area contributed by atoms with Gasteiger partial charge in [-0.25, -0.2) is 19.9 Å². The fourth-order valence-corrected chi connectivity index (χ4v) is 13.3. The topological polar surface area (TPSA) is 122 Å². The third kappa shape index (κ3) is 15.7.